The van der Waals surface area contributed by atoms with Crippen LogP contribution in [0.15, 0.2) is 12.1 Å². The summed E-state index contributed by atoms with van der Waals surface area (Å²) in [6, 6.07) is 1.72. The van der Waals surface area contributed by atoms with Gasteiger partial charge < -0.3 is 19.1 Å². The maximum atomic E-state index is 11.7. The van der Waals surface area contributed by atoms with Crippen molar-refractivity contribution in [3.05, 3.63) is 17.7 Å². The molecule has 0 saturated carbocycles. The molecule has 0 radical (unpaired) electrons. The second-order valence-electron chi connectivity index (χ2n) is 4.67. The minimum Gasteiger partial charge on any atom is -0.504 e. The van der Waals surface area contributed by atoms with E-state index in [-0.39, 0.29) is 12.2 Å². The van der Waals surface area contributed by atoms with Crippen molar-refractivity contribution in [2.45, 2.75) is 20.3 Å². The molecule has 3 N–H and O–H groups in total. The summed E-state index contributed by atoms with van der Waals surface area (Å²) in [6.45, 7) is 4.07. The van der Waals surface area contributed by atoms with Crippen molar-refractivity contribution in [3.8, 4) is 17.2 Å². The van der Waals surface area contributed by atoms with E-state index in [2.05, 4.69) is 4.18 Å². The Morgan fingerprint density at radius 2 is 1.76 bits per heavy atom. The topological polar surface area (TPSA) is 130 Å². The van der Waals surface area contributed by atoms with Crippen molar-refractivity contribution in [3.63, 3.8) is 0 Å². The van der Waals surface area contributed by atoms with Crippen LogP contribution < -0.4 is 4.18 Å². The average Bonchev–Trinajstić information content (AvgIpc) is 2.31. The van der Waals surface area contributed by atoms with Gasteiger partial charge in [0.05, 0.1) is 12.2 Å². The fraction of sp³-hybridized carbons (Fsp3) is 0.417. The van der Waals surface area contributed by atoms with Gasteiger partial charge in [0.15, 0.2) is 11.5 Å². The molecular weight excluding hydrogens is 304 g/mol. The molecule has 9 heteroatoms. The molecule has 0 aromatic heterocycles. The summed E-state index contributed by atoms with van der Waals surface area (Å²) in [5.74, 6) is -2.99. The van der Waals surface area contributed by atoms with Gasteiger partial charge >= 0.3 is 16.4 Å². The molecule has 0 aliphatic rings. The highest BCUT2D eigenvalue weighted by Crippen LogP contribution is 2.37. The van der Waals surface area contributed by atoms with Crippen LogP contribution in [0.25, 0.3) is 0 Å². The van der Waals surface area contributed by atoms with E-state index in [1.165, 1.54) is 0 Å². The highest BCUT2D eigenvalue weighted by Gasteiger charge is 2.20. The van der Waals surface area contributed by atoms with E-state index in [4.69, 9.17) is 9.29 Å². The highest BCUT2D eigenvalue weighted by molar-refractivity contribution is 7.81. The number of benzene rings is 1. The molecule has 118 valence electrons. The molecule has 1 aromatic rings. The summed E-state index contributed by atoms with van der Waals surface area (Å²) in [4.78, 5) is 11.7. The first-order valence-electron chi connectivity index (χ1n) is 6.00. The Kier molecular flexibility index (Phi) is 5.39. The summed E-state index contributed by atoms with van der Waals surface area (Å²) >= 11 is 0. The highest BCUT2D eigenvalue weighted by atomic mass is 32.3. The molecule has 0 atom stereocenters. The molecule has 0 spiro atoms. The number of aromatic hydroxyl groups is 2. The maximum absolute atomic E-state index is 11.7. The molecule has 0 amide bonds. The summed E-state index contributed by atoms with van der Waals surface area (Å²) in [5, 5.41) is 19.1. The van der Waals surface area contributed by atoms with Crippen molar-refractivity contribution in [1.82, 2.24) is 0 Å². The Morgan fingerprint density at radius 3 is 2.19 bits per heavy atom. The van der Waals surface area contributed by atoms with Crippen molar-refractivity contribution < 1.29 is 36.9 Å². The fourth-order valence-electron chi connectivity index (χ4n) is 1.38. The van der Waals surface area contributed by atoms with E-state index in [9.17, 15) is 23.4 Å². The summed E-state index contributed by atoms with van der Waals surface area (Å²) < 4.78 is 38.5. The zero-order valence-electron chi connectivity index (χ0n) is 11.4. The summed E-state index contributed by atoms with van der Waals surface area (Å²) in [7, 11) is -4.92. The minimum atomic E-state index is -4.92. The van der Waals surface area contributed by atoms with Crippen molar-refractivity contribution in [2.75, 3.05) is 6.61 Å². The Labute approximate surface area is 121 Å². The van der Waals surface area contributed by atoms with Crippen LogP contribution in [-0.2, 0) is 15.1 Å². The molecule has 0 heterocycles. The fourth-order valence-corrected chi connectivity index (χ4v) is 1.76. The first kappa shape index (κ1) is 17.1. The molecule has 0 aliphatic carbocycles. The van der Waals surface area contributed by atoms with Crippen LogP contribution in [-0.4, -0.2) is 35.8 Å². The number of carbonyl (C=O) groups is 1. The maximum Gasteiger partial charge on any atom is 0.446 e. The van der Waals surface area contributed by atoms with Crippen LogP contribution in [0.5, 0.6) is 17.2 Å². The third-order valence-electron chi connectivity index (χ3n) is 2.40. The second kappa shape index (κ2) is 6.64. The predicted octanol–water partition coefficient (Wildman–Crippen LogP) is 1.48. The van der Waals surface area contributed by atoms with Gasteiger partial charge in [-0.1, -0.05) is 13.8 Å². The van der Waals surface area contributed by atoms with Crippen LogP contribution in [0.3, 0.4) is 0 Å². The third-order valence-corrected chi connectivity index (χ3v) is 2.78. The van der Waals surface area contributed by atoms with Gasteiger partial charge in [-0.2, -0.15) is 8.42 Å². The quantitative estimate of drug-likeness (QED) is 0.530. The van der Waals surface area contributed by atoms with E-state index in [0.717, 1.165) is 12.1 Å². The lowest BCUT2D eigenvalue weighted by atomic mass is 10.1. The van der Waals surface area contributed by atoms with Crippen LogP contribution in [0.2, 0.25) is 0 Å². The van der Waals surface area contributed by atoms with E-state index in [1.54, 1.807) is 0 Å². The van der Waals surface area contributed by atoms with Crippen molar-refractivity contribution in [2.24, 2.45) is 5.92 Å². The number of phenols is 2. The van der Waals surface area contributed by atoms with E-state index in [1.807, 2.05) is 13.8 Å². The molecule has 0 aliphatic heterocycles. The minimum absolute atomic E-state index is 0.168. The summed E-state index contributed by atoms with van der Waals surface area (Å²) in [6.07, 6.45) is 0.646. The molecule has 21 heavy (non-hydrogen) atoms. The van der Waals surface area contributed by atoms with E-state index < -0.39 is 33.6 Å². The number of ether oxygens (including phenoxy) is 1. The Bertz CT molecular complexity index is 597. The third kappa shape index (κ3) is 5.48. The molecule has 0 bridgehead atoms. The van der Waals surface area contributed by atoms with Gasteiger partial charge in [-0.25, -0.2) is 4.79 Å². The molecule has 0 unspecified atom stereocenters. The molecular formula is C12H16O8S. The number of hydrogen-bond donors (Lipinski definition) is 3. The standard InChI is InChI=1S/C12H16O8S/c1-7(2)3-4-19-12(15)8-5-9(13)11(10(14)6-8)20-21(16,17)18/h5-7,13-14H,3-4H2,1-2H3,(H,16,17,18). The number of hydrogen-bond acceptors (Lipinski definition) is 7. The lowest BCUT2D eigenvalue weighted by Gasteiger charge is -2.10. The number of rotatable bonds is 6. The largest absolute Gasteiger partial charge is 0.504 e. The second-order valence-corrected chi connectivity index (χ2v) is 5.70. The van der Waals surface area contributed by atoms with E-state index in [0.29, 0.717) is 12.3 Å². The van der Waals surface area contributed by atoms with Crippen molar-refractivity contribution in [1.29, 1.82) is 0 Å². The van der Waals surface area contributed by atoms with Gasteiger partial charge in [0.25, 0.3) is 0 Å². The van der Waals surface area contributed by atoms with Gasteiger partial charge in [0.2, 0.25) is 5.75 Å². The van der Waals surface area contributed by atoms with Crippen molar-refractivity contribution >= 4 is 16.4 Å². The van der Waals surface area contributed by atoms with Gasteiger partial charge in [-0.15, -0.1) is 0 Å². The van der Waals surface area contributed by atoms with Crippen LogP contribution >= 0.6 is 0 Å². The lowest BCUT2D eigenvalue weighted by molar-refractivity contribution is 0.0487. The zero-order valence-corrected chi connectivity index (χ0v) is 12.3. The molecule has 1 rings (SSSR count). The Hall–Kier alpha value is -2.00. The molecule has 0 saturated heterocycles. The average molecular weight is 320 g/mol. The van der Waals surface area contributed by atoms with Gasteiger partial charge in [-0.05, 0) is 24.5 Å². The number of esters is 1. The van der Waals surface area contributed by atoms with Crippen LogP contribution in [0.1, 0.15) is 30.6 Å². The van der Waals surface area contributed by atoms with Gasteiger partial charge in [0, 0.05) is 0 Å². The smallest absolute Gasteiger partial charge is 0.446 e. The first-order valence-corrected chi connectivity index (χ1v) is 7.36. The Balaban J connectivity index is 2.90. The number of carbonyl (C=O) groups excluding carboxylic acids is 1. The SMILES string of the molecule is CC(C)CCOC(=O)c1cc(O)c(OS(=O)(=O)O)c(O)c1. The van der Waals surface area contributed by atoms with Gasteiger partial charge in [0.1, 0.15) is 0 Å². The Morgan fingerprint density at radius 1 is 1.24 bits per heavy atom. The van der Waals surface area contributed by atoms with E-state index >= 15 is 0 Å². The number of phenolic OH excluding ortho intramolecular Hbond substituents is 2. The lowest BCUT2D eigenvalue weighted by Crippen LogP contribution is -2.10. The monoisotopic (exact) mass is 320 g/mol. The summed E-state index contributed by atoms with van der Waals surface area (Å²) in [5.41, 5.74) is -0.184. The van der Waals surface area contributed by atoms with Crippen LogP contribution in [0.4, 0.5) is 0 Å². The molecule has 1 aromatic carbocycles. The van der Waals surface area contributed by atoms with Crippen LogP contribution in [0, 0.1) is 5.92 Å². The molecule has 8 nitrogen and oxygen atoms in total. The normalized spacial score (nSPS) is 11.4. The molecule has 0 fully saturated rings. The zero-order chi connectivity index (χ0) is 16.2. The predicted molar refractivity (Wildman–Crippen MR) is 71.7 cm³/mol. The van der Waals surface area contributed by atoms with Gasteiger partial charge in [-0.3, -0.25) is 4.55 Å². The first-order chi connectivity index (χ1) is 9.60.